The van der Waals surface area contributed by atoms with Crippen molar-refractivity contribution in [3.63, 3.8) is 0 Å². The zero-order valence-electron chi connectivity index (χ0n) is 18.6. The first-order valence-corrected chi connectivity index (χ1v) is 12.0. The molecule has 0 bridgehead atoms. The van der Waals surface area contributed by atoms with E-state index in [0.29, 0.717) is 57.4 Å². The van der Waals surface area contributed by atoms with Crippen molar-refractivity contribution in [3.05, 3.63) is 54.5 Å². The van der Waals surface area contributed by atoms with E-state index in [4.69, 9.17) is 0 Å². The summed E-state index contributed by atoms with van der Waals surface area (Å²) in [5.41, 5.74) is 0.191. The maximum Gasteiger partial charge on any atom is 0.322 e. The van der Waals surface area contributed by atoms with Gasteiger partial charge in [-0.1, -0.05) is 16.6 Å². The second-order valence-corrected chi connectivity index (χ2v) is 8.76. The number of hydrogen-bond acceptors (Lipinski definition) is 9. The molecule has 0 unspecified atom stereocenters. The van der Waals surface area contributed by atoms with Crippen LogP contribution in [-0.4, -0.2) is 93.7 Å². The Bertz CT molecular complexity index is 1110. The second kappa shape index (κ2) is 10.00. The highest BCUT2D eigenvalue weighted by molar-refractivity contribution is 7.10. The lowest BCUT2D eigenvalue weighted by molar-refractivity contribution is 0.0741. The summed E-state index contributed by atoms with van der Waals surface area (Å²) in [6.45, 7) is 4.98. The first-order chi connectivity index (χ1) is 16.7. The Morgan fingerprint density at radius 1 is 0.765 bits per heavy atom. The van der Waals surface area contributed by atoms with Crippen LogP contribution in [0, 0.1) is 0 Å². The molecule has 34 heavy (non-hydrogen) atoms. The molecule has 0 aromatic carbocycles. The van der Waals surface area contributed by atoms with Crippen LogP contribution >= 0.6 is 11.5 Å². The van der Waals surface area contributed by atoms with Crippen molar-refractivity contribution in [2.75, 3.05) is 67.5 Å². The highest BCUT2D eigenvalue weighted by Crippen LogP contribution is 2.22. The van der Waals surface area contributed by atoms with Gasteiger partial charge in [-0.15, -0.1) is 5.10 Å². The summed E-state index contributed by atoms with van der Waals surface area (Å²) in [5.74, 6) is 1.59. The van der Waals surface area contributed by atoms with Crippen molar-refractivity contribution in [2.45, 2.75) is 0 Å². The second-order valence-electron chi connectivity index (χ2n) is 8.01. The number of carbonyl (C=O) groups is 2. The van der Waals surface area contributed by atoms with Gasteiger partial charge < -0.3 is 19.6 Å². The Hall–Kier alpha value is -3.80. The zero-order valence-corrected chi connectivity index (χ0v) is 19.4. The Labute approximate surface area is 201 Å². The lowest BCUT2D eigenvalue weighted by Crippen LogP contribution is -2.50. The topological polar surface area (TPSA) is 111 Å². The number of nitrogens with zero attached hydrogens (tertiary/aromatic N) is 8. The fraction of sp³-hybridized carbons (Fsp3) is 0.364. The van der Waals surface area contributed by atoms with Crippen LogP contribution in [0.4, 0.5) is 21.4 Å². The van der Waals surface area contributed by atoms with Crippen molar-refractivity contribution < 1.29 is 9.59 Å². The van der Waals surface area contributed by atoms with Gasteiger partial charge in [0.05, 0.1) is 0 Å². The number of pyridine rings is 2. The zero-order chi connectivity index (χ0) is 23.3. The van der Waals surface area contributed by atoms with Crippen LogP contribution in [0.15, 0.2) is 48.8 Å². The van der Waals surface area contributed by atoms with Crippen molar-refractivity contribution in [2.24, 2.45) is 0 Å². The molecular weight excluding hydrogens is 454 g/mol. The SMILES string of the molecule is O=C(Nc1snnc1C(=O)N1CCN(c2ccccn2)CC1)N1CCN(c2ccccn2)CC1. The number of carbonyl (C=O) groups excluding carboxylic acids is 2. The summed E-state index contributed by atoms with van der Waals surface area (Å²) in [5, 5.41) is 7.25. The summed E-state index contributed by atoms with van der Waals surface area (Å²) >= 11 is 1.02. The molecule has 0 aliphatic carbocycles. The van der Waals surface area contributed by atoms with Crippen LogP contribution in [0.3, 0.4) is 0 Å². The van der Waals surface area contributed by atoms with E-state index in [-0.39, 0.29) is 17.6 Å². The molecule has 176 valence electrons. The lowest BCUT2D eigenvalue weighted by atomic mass is 10.2. The predicted octanol–water partition coefficient (Wildman–Crippen LogP) is 1.64. The molecule has 0 saturated carbocycles. The van der Waals surface area contributed by atoms with Crippen LogP contribution in [0.1, 0.15) is 10.5 Å². The number of urea groups is 1. The predicted molar refractivity (Wildman–Crippen MR) is 129 cm³/mol. The minimum atomic E-state index is -0.249. The van der Waals surface area contributed by atoms with E-state index >= 15 is 0 Å². The number of hydrogen-bond donors (Lipinski definition) is 1. The smallest absolute Gasteiger partial charge is 0.322 e. The van der Waals surface area contributed by atoms with E-state index in [9.17, 15) is 9.59 Å². The lowest BCUT2D eigenvalue weighted by Gasteiger charge is -2.35. The molecule has 3 amide bonds. The van der Waals surface area contributed by atoms with Crippen LogP contribution in [0.2, 0.25) is 0 Å². The van der Waals surface area contributed by atoms with Crippen molar-refractivity contribution in [1.29, 1.82) is 0 Å². The summed E-state index contributed by atoms with van der Waals surface area (Å²) in [7, 11) is 0. The highest BCUT2D eigenvalue weighted by Gasteiger charge is 2.29. The summed E-state index contributed by atoms with van der Waals surface area (Å²) in [6, 6.07) is 11.4. The third-order valence-corrected chi connectivity index (χ3v) is 6.63. The van der Waals surface area contributed by atoms with E-state index in [1.807, 2.05) is 36.4 Å². The van der Waals surface area contributed by atoms with Gasteiger partial charge in [0.2, 0.25) is 0 Å². The van der Waals surface area contributed by atoms with Crippen LogP contribution in [0.25, 0.3) is 0 Å². The molecule has 1 N–H and O–H groups in total. The Balaban J connectivity index is 1.15. The van der Waals surface area contributed by atoms with Crippen LogP contribution in [-0.2, 0) is 0 Å². The molecule has 5 rings (SSSR count). The van der Waals surface area contributed by atoms with E-state index in [0.717, 1.165) is 23.2 Å². The Morgan fingerprint density at radius 2 is 1.32 bits per heavy atom. The van der Waals surface area contributed by atoms with E-state index in [1.54, 1.807) is 22.2 Å². The fourth-order valence-corrected chi connectivity index (χ4v) is 4.65. The van der Waals surface area contributed by atoms with Crippen LogP contribution in [0.5, 0.6) is 0 Å². The average molecular weight is 480 g/mol. The number of piperazine rings is 2. The molecular formula is C22H25N9O2S. The Kier molecular flexibility index (Phi) is 6.47. The molecule has 2 saturated heterocycles. The maximum absolute atomic E-state index is 13.1. The van der Waals surface area contributed by atoms with Gasteiger partial charge in [-0.05, 0) is 24.3 Å². The largest absolute Gasteiger partial charge is 0.353 e. The van der Waals surface area contributed by atoms with Gasteiger partial charge in [-0.2, -0.15) is 0 Å². The van der Waals surface area contributed by atoms with Gasteiger partial charge in [-0.25, -0.2) is 14.8 Å². The molecule has 2 aliphatic rings. The molecule has 5 heterocycles. The first kappa shape index (κ1) is 22.0. The number of amides is 3. The molecule has 0 atom stereocenters. The molecule has 12 heteroatoms. The first-order valence-electron chi connectivity index (χ1n) is 11.2. The summed E-state index contributed by atoms with van der Waals surface area (Å²) < 4.78 is 3.92. The number of rotatable bonds is 4. The van der Waals surface area contributed by atoms with E-state index in [2.05, 4.69) is 34.7 Å². The third-order valence-electron chi connectivity index (χ3n) is 5.99. The molecule has 2 aliphatic heterocycles. The monoisotopic (exact) mass is 479 g/mol. The van der Waals surface area contributed by atoms with Crippen LogP contribution < -0.4 is 15.1 Å². The van der Waals surface area contributed by atoms with E-state index in [1.165, 1.54) is 0 Å². The van der Waals surface area contributed by atoms with E-state index < -0.39 is 0 Å². The third kappa shape index (κ3) is 4.76. The highest BCUT2D eigenvalue weighted by atomic mass is 32.1. The van der Waals surface area contributed by atoms with Crippen molar-refractivity contribution in [1.82, 2.24) is 29.4 Å². The quantitative estimate of drug-likeness (QED) is 0.601. The molecule has 0 radical (unpaired) electrons. The van der Waals surface area contributed by atoms with Gasteiger partial charge in [0.25, 0.3) is 5.91 Å². The molecule has 0 spiro atoms. The Morgan fingerprint density at radius 3 is 1.85 bits per heavy atom. The normalized spacial score (nSPS) is 16.5. The average Bonchev–Trinajstić information content (AvgIpc) is 3.37. The van der Waals surface area contributed by atoms with Gasteiger partial charge in [0, 0.05) is 76.3 Å². The molecule has 2 fully saturated rings. The van der Waals surface area contributed by atoms with Crippen molar-refractivity contribution in [3.8, 4) is 0 Å². The van der Waals surface area contributed by atoms with Gasteiger partial charge in [-0.3, -0.25) is 10.1 Å². The van der Waals surface area contributed by atoms with Crippen molar-refractivity contribution >= 4 is 40.1 Å². The summed E-state index contributed by atoms with van der Waals surface area (Å²) in [4.78, 5) is 42.5. The minimum absolute atomic E-state index is 0.191. The molecule has 3 aromatic heterocycles. The fourth-order valence-electron chi connectivity index (χ4n) is 4.10. The van der Waals surface area contributed by atoms with Gasteiger partial charge in [0.15, 0.2) is 10.7 Å². The molecule has 3 aromatic rings. The maximum atomic E-state index is 13.1. The minimum Gasteiger partial charge on any atom is -0.353 e. The van der Waals surface area contributed by atoms with Gasteiger partial charge >= 0.3 is 6.03 Å². The summed E-state index contributed by atoms with van der Waals surface area (Å²) in [6.07, 6.45) is 3.53. The molecule has 11 nitrogen and oxygen atoms in total. The number of nitrogens with one attached hydrogen (secondary N) is 1. The number of aromatic nitrogens is 4. The number of anilines is 3. The standard InChI is InChI=1S/C22H25N9O2S/c32-21(30-13-9-28(10-14-30)17-5-1-3-7-23-17)19-20(34-27-26-19)25-22(33)31-15-11-29(12-16-31)18-6-2-4-8-24-18/h1-8H,9-16H2,(H,25,33). The van der Waals surface area contributed by atoms with Gasteiger partial charge in [0.1, 0.15) is 11.6 Å².